The van der Waals surface area contributed by atoms with Crippen molar-refractivity contribution in [3.63, 3.8) is 0 Å². The Bertz CT molecular complexity index is 29.6. The average Bonchev–Trinajstić information content (AvgIpc) is 1.72. The molecule has 0 aromatic heterocycles. The second-order valence-corrected chi connectivity index (χ2v) is 2.15. The van der Waals surface area contributed by atoms with E-state index in [0.717, 1.165) is 12.8 Å². The third-order valence-electron chi connectivity index (χ3n) is 1.06. The summed E-state index contributed by atoms with van der Waals surface area (Å²) in [6.45, 7) is 4.29. The summed E-state index contributed by atoms with van der Waals surface area (Å²) in [5.41, 5.74) is 0. The molecule has 1 nitrogen and oxygen atoms in total. The summed E-state index contributed by atoms with van der Waals surface area (Å²) in [4.78, 5) is 0. The van der Waals surface area contributed by atoms with E-state index in [1.165, 1.54) is 23.4 Å². The van der Waals surface area contributed by atoms with Gasteiger partial charge in [-0.25, -0.2) is 0 Å². The first-order valence-corrected chi connectivity index (χ1v) is 3.69. The van der Waals surface area contributed by atoms with Gasteiger partial charge in [-0.1, -0.05) is 0 Å². The Kier molecular flexibility index (Phi) is 5.47. The fraction of sp³-hybridized carbons (Fsp3) is 1.00. The molecular formula is C5H11OSb. The molecule has 0 aromatic rings. The standard InChI is InChI=1S/C5H11O.Sb/c1-3-5(6)4-2;/h5H,3-4H2,1-2H3;/q-1;+1. The third kappa shape index (κ3) is 3.37. The molecule has 0 rings (SSSR count). The first kappa shape index (κ1) is 7.78. The van der Waals surface area contributed by atoms with Gasteiger partial charge in [0.2, 0.25) is 0 Å². The molecule has 7 heavy (non-hydrogen) atoms. The van der Waals surface area contributed by atoms with Crippen LogP contribution in [0.15, 0.2) is 0 Å². The van der Waals surface area contributed by atoms with Crippen LogP contribution in [0.25, 0.3) is 0 Å². The second kappa shape index (κ2) is 4.93. The van der Waals surface area contributed by atoms with Crippen molar-refractivity contribution in [3.05, 3.63) is 0 Å². The topological polar surface area (TPSA) is 9.23 Å². The van der Waals surface area contributed by atoms with E-state index >= 15 is 0 Å². The van der Waals surface area contributed by atoms with Crippen molar-refractivity contribution in [1.29, 1.82) is 0 Å². The first-order valence-electron chi connectivity index (χ1n) is 2.65. The number of hydrogen-bond donors (Lipinski definition) is 0. The van der Waals surface area contributed by atoms with E-state index in [1.54, 1.807) is 0 Å². The Balaban J connectivity index is 2.99. The number of hydrogen-bond acceptors (Lipinski definition) is 1. The van der Waals surface area contributed by atoms with Gasteiger partial charge in [-0.15, -0.1) is 0 Å². The molecule has 0 amide bonds. The fourth-order valence-corrected chi connectivity index (χ4v) is 1.29. The minimum atomic E-state index is 0.508. The van der Waals surface area contributed by atoms with Gasteiger partial charge in [0, 0.05) is 0 Å². The summed E-state index contributed by atoms with van der Waals surface area (Å²) >= 11 is 1.45. The molecule has 0 N–H and O–H groups in total. The van der Waals surface area contributed by atoms with Gasteiger partial charge in [0.25, 0.3) is 0 Å². The summed E-state index contributed by atoms with van der Waals surface area (Å²) in [7, 11) is 0. The Morgan fingerprint density at radius 1 is 1.43 bits per heavy atom. The molecule has 0 saturated carbocycles. The van der Waals surface area contributed by atoms with Crippen LogP contribution >= 0.6 is 0 Å². The van der Waals surface area contributed by atoms with Crippen LogP contribution in [0.3, 0.4) is 0 Å². The van der Waals surface area contributed by atoms with Crippen molar-refractivity contribution < 1.29 is 3.02 Å². The van der Waals surface area contributed by atoms with Crippen molar-refractivity contribution in [2.24, 2.45) is 0 Å². The van der Waals surface area contributed by atoms with E-state index in [1.807, 2.05) is 0 Å². The van der Waals surface area contributed by atoms with Gasteiger partial charge in [0.05, 0.1) is 0 Å². The molecule has 0 heterocycles. The van der Waals surface area contributed by atoms with Crippen molar-refractivity contribution in [3.8, 4) is 0 Å². The van der Waals surface area contributed by atoms with E-state index in [-0.39, 0.29) is 0 Å². The van der Waals surface area contributed by atoms with Crippen LogP contribution < -0.4 is 0 Å². The van der Waals surface area contributed by atoms with Gasteiger partial charge in [-0.2, -0.15) is 0 Å². The van der Waals surface area contributed by atoms with Crippen LogP contribution in [0, 0.1) is 0 Å². The molecule has 0 saturated heterocycles. The summed E-state index contributed by atoms with van der Waals surface area (Å²) < 4.78 is 5.10. The predicted molar refractivity (Wildman–Crippen MR) is 31.2 cm³/mol. The maximum atomic E-state index is 5.10. The molecule has 2 heteroatoms. The molecule has 0 bridgehead atoms. The van der Waals surface area contributed by atoms with Gasteiger partial charge >= 0.3 is 59.3 Å². The van der Waals surface area contributed by atoms with E-state index in [0.29, 0.717) is 6.10 Å². The summed E-state index contributed by atoms with van der Waals surface area (Å²) in [5.74, 6) is 0. The van der Waals surface area contributed by atoms with E-state index in [9.17, 15) is 0 Å². The molecule has 42 valence electrons. The molecule has 0 fully saturated rings. The quantitative estimate of drug-likeness (QED) is 0.636. The van der Waals surface area contributed by atoms with E-state index < -0.39 is 0 Å². The van der Waals surface area contributed by atoms with Gasteiger partial charge in [-0.3, -0.25) is 0 Å². The maximum absolute atomic E-state index is 5.10. The zero-order chi connectivity index (χ0) is 5.70. The van der Waals surface area contributed by atoms with Crippen molar-refractivity contribution >= 4 is 23.4 Å². The van der Waals surface area contributed by atoms with Crippen LogP contribution in [-0.4, -0.2) is 29.5 Å². The monoisotopic (exact) mass is 208 g/mol. The molecule has 0 unspecified atom stereocenters. The van der Waals surface area contributed by atoms with E-state index in [4.69, 9.17) is 3.02 Å². The normalized spacial score (nSPS) is 10.3. The molecule has 0 spiro atoms. The van der Waals surface area contributed by atoms with Gasteiger partial charge in [-0.05, 0) is 0 Å². The molecule has 0 aliphatic carbocycles. The molecule has 0 aliphatic rings. The van der Waals surface area contributed by atoms with Crippen molar-refractivity contribution in [2.75, 3.05) is 0 Å². The summed E-state index contributed by atoms with van der Waals surface area (Å²) in [6.07, 6.45) is 2.80. The van der Waals surface area contributed by atoms with Crippen LogP contribution in [0.2, 0.25) is 0 Å². The Morgan fingerprint density at radius 2 is 1.86 bits per heavy atom. The van der Waals surface area contributed by atoms with Crippen molar-refractivity contribution in [1.82, 2.24) is 0 Å². The van der Waals surface area contributed by atoms with Crippen LogP contribution in [0.4, 0.5) is 0 Å². The summed E-state index contributed by atoms with van der Waals surface area (Å²) in [6, 6.07) is 0. The predicted octanol–water partition coefficient (Wildman–Crippen LogP) is 1.28. The molecular weight excluding hydrogens is 198 g/mol. The molecule has 0 atom stereocenters. The third-order valence-corrected chi connectivity index (χ3v) is 1.91. The molecule has 0 aromatic carbocycles. The molecule has 2 radical (unpaired) electrons. The summed E-state index contributed by atoms with van der Waals surface area (Å²) in [5, 5.41) is 0. The van der Waals surface area contributed by atoms with Crippen LogP contribution in [0.1, 0.15) is 26.7 Å². The zero-order valence-corrected chi connectivity index (χ0v) is 7.40. The Morgan fingerprint density at radius 3 is 1.86 bits per heavy atom. The Labute approximate surface area is 59.5 Å². The van der Waals surface area contributed by atoms with Crippen LogP contribution in [-0.2, 0) is 3.02 Å². The van der Waals surface area contributed by atoms with Gasteiger partial charge in [0.1, 0.15) is 0 Å². The van der Waals surface area contributed by atoms with E-state index in [2.05, 4.69) is 13.8 Å². The SMILES string of the molecule is CCC(CC)[O][Sb]. The second-order valence-electron chi connectivity index (χ2n) is 1.54. The van der Waals surface area contributed by atoms with Crippen LogP contribution in [0.5, 0.6) is 0 Å². The fourth-order valence-electron chi connectivity index (χ4n) is 0.438. The average molecular weight is 209 g/mol. The van der Waals surface area contributed by atoms with Gasteiger partial charge < -0.3 is 0 Å². The number of rotatable bonds is 3. The zero-order valence-electron chi connectivity index (χ0n) is 4.85. The van der Waals surface area contributed by atoms with Crippen molar-refractivity contribution in [2.45, 2.75) is 32.8 Å². The molecule has 0 aliphatic heterocycles. The first-order chi connectivity index (χ1) is 3.35. The minimum absolute atomic E-state index is 0.508. The van der Waals surface area contributed by atoms with Gasteiger partial charge in [0.15, 0.2) is 0 Å². The Hall–Kier alpha value is 0.778.